The van der Waals surface area contributed by atoms with E-state index in [9.17, 15) is 0 Å². The lowest BCUT2D eigenvalue weighted by atomic mass is 10.1. The Labute approximate surface area is 76.4 Å². The molecule has 1 aromatic carbocycles. The molecule has 0 saturated heterocycles. The number of benzene rings is 1. The maximum atomic E-state index is 5.60. The number of hydrogen-bond acceptors (Lipinski definition) is 3. The highest BCUT2D eigenvalue weighted by Gasteiger charge is 1.99. The molecule has 0 unspecified atom stereocenters. The van der Waals surface area contributed by atoms with Gasteiger partial charge in [-0.15, -0.1) is 0 Å². The van der Waals surface area contributed by atoms with Crippen molar-refractivity contribution in [2.45, 2.75) is 6.54 Å². The SMILES string of the molecule is NCc1cccc2ccc(N)nc12. The molecule has 66 valence electrons. The summed E-state index contributed by atoms with van der Waals surface area (Å²) in [5.41, 5.74) is 13.1. The van der Waals surface area contributed by atoms with Crippen LogP contribution in [0.5, 0.6) is 0 Å². The van der Waals surface area contributed by atoms with Gasteiger partial charge in [-0.2, -0.15) is 0 Å². The summed E-state index contributed by atoms with van der Waals surface area (Å²) in [6.07, 6.45) is 0. The minimum Gasteiger partial charge on any atom is -0.384 e. The Morgan fingerprint density at radius 2 is 2.00 bits per heavy atom. The third-order valence-electron chi connectivity index (χ3n) is 2.05. The third-order valence-corrected chi connectivity index (χ3v) is 2.05. The van der Waals surface area contributed by atoms with Crippen LogP contribution in [0.1, 0.15) is 5.56 Å². The number of nitrogen functional groups attached to an aromatic ring is 1. The van der Waals surface area contributed by atoms with Crippen molar-refractivity contribution in [1.29, 1.82) is 0 Å². The van der Waals surface area contributed by atoms with Gasteiger partial charge in [-0.1, -0.05) is 18.2 Å². The van der Waals surface area contributed by atoms with Crippen LogP contribution in [0, 0.1) is 0 Å². The minimum atomic E-state index is 0.494. The zero-order chi connectivity index (χ0) is 9.26. The van der Waals surface area contributed by atoms with E-state index < -0.39 is 0 Å². The van der Waals surface area contributed by atoms with Gasteiger partial charge >= 0.3 is 0 Å². The summed E-state index contributed by atoms with van der Waals surface area (Å²) in [4.78, 5) is 4.24. The van der Waals surface area contributed by atoms with E-state index in [1.807, 2.05) is 24.3 Å². The minimum absolute atomic E-state index is 0.494. The number of aromatic nitrogens is 1. The first kappa shape index (κ1) is 8.01. The fraction of sp³-hybridized carbons (Fsp3) is 0.100. The van der Waals surface area contributed by atoms with Crippen LogP contribution in [-0.4, -0.2) is 4.98 Å². The summed E-state index contributed by atoms with van der Waals surface area (Å²) in [5, 5.41) is 1.08. The lowest BCUT2D eigenvalue weighted by Crippen LogP contribution is -1.99. The Morgan fingerprint density at radius 1 is 1.15 bits per heavy atom. The second-order valence-corrected chi connectivity index (χ2v) is 2.93. The molecule has 2 rings (SSSR count). The molecule has 0 radical (unpaired) electrons. The van der Waals surface area contributed by atoms with Gasteiger partial charge in [0.15, 0.2) is 0 Å². The second kappa shape index (κ2) is 3.03. The van der Waals surface area contributed by atoms with Gasteiger partial charge in [0.2, 0.25) is 0 Å². The highest BCUT2D eigenvalue weighted by molar-refractivity contribution is 5.83. The van der Waals surface area contributed by atoms with Crippen LogP contribution in [0.15, 0.2) is 30.3 Å². The van der Waals surface area contributed by atoms with E-state index in [1.165, 1.54) is 0 Å². The molecular weight excluding hydrogens is 162 g/mol. The summed E-state index contributed by atoms with van der Waals surface area (Å²) in [6, 6.07) is 9.69. The summed E-state index contributed by atoms with van der Waals surface area (Å²) in [5.74, 6) is 0.536. The summed E-state index contributed by atoms with van der Waals surface area (Å²) < 4.78 is 0. The molecule has 0 saturated carbocycles. The normalized spacial score (nSPS) is 10.5. The van der Waals surface area contributed by atoms with Crippen LogP contribution in [0.25, 0.3) is 10.9 Å². The summed E-state index contributed by atoms with van der Waals surface area (Å²) >= 11 is 0. The van der Waals surface area contributed by atoms with Crippen molar-refractivity contribution in [2.75, 3.05) is 5.73 Å². The van der Waals surface area contributed by atoms with Crippen molar-refractivity contribution in [2.24, 2.45) is 5.73 Å². The summed E-state index contributed by atoms with van der Waals surface area (Å²) in [7, 11) is 0. The Bertz CT molecular complexity index is 437. The van der Waals surface area contributed by atoms with E-state index in [4.69, 9.17) is 11.5 Å². The zero-order valence-electron chi connectivity index (χ0n) is 7.20. The first-order chi connectivity index (χ1) is 6.31. The van der Waals surface area contributed by atoms with Gasteiger partial charge in [0.1, 0.15) is 5.82 Å². The van der Waals surface area contributed by atoms with Crippen LogP contribution in [-0.2, 0) is 6.54 Å². The Morgan fingerprint density at radius 3 is 2.77 bits per heavy atom. The number of pyridine rings is 1. The molecule has 13 heavy (non-hydrogen) atoms. The highest BCUT2D eigenvalue weighted by atomic mass is 14.8. The van der Waals surface area contributed by atoms with E-state index in [0.29, 0.717) is 12.4 Å². The predicted octanol–water partition coefficient (Wildman–Crippen LogP) is 1.28. The van der Waals surface area contributed by atoms with Gasteiger partial charge in [-0.25, -0.2) is 4.98 Å². The molecule has 1 aromatic heterocycles. The number of nitrogens with zero attached hydrogens (tertiary/aromatic N) is 1. The van der Waals surface area contributed by atoms with E-state index in [-0.39, 0.29) is 0 Å². The number of para-hydroxylation sites is 1. The Kier molecular flexibility index (Phi) is 1.87. The van der Waals surface area contributed by atoms with Gasteiger partial charge in [0.05, 0.1) is 5.52 Å². The lowest BCUT2D eigenvalue weighted by Gasteiger charge is -2.03. The van der Waals surface area contributed by atoms with E-state index in [1.54, 1.807) is 6.07 Å². The maximum absolute atomic E-state index is 5.60. The molecule has 0 aliphatic rings. The largest absolute Gasteiger partial charge is 0.384 e. The summed E-state index contributed by atoms with van der Waals surface area (Å²) in [6.45, 7) is 0.494. The number of nitrogens with two attached hydrogens (primary N) is 2. The van der Waals surface area contributed by atoms with Crippen LogP contribution in [0.3, 0.4) is 0 Å². The molecular formula is C10H11N3. The van der Waals surface area contributed by atoms with Crippen LogP contribution in [0.2, 0.25) is 0 Å². The molecule has 1 heterocycles. The first-order valence-corrected chi connectivity index (χ1v) is 4.15. The van der Waals surface area contributed by atoms with Crippen molar-refractivity contribution in [1.82, 2.24) is 4.98 Å². The molecule has 0 bridgehead atoms. The van der Waals surface area contributed by atoms with E-state index >= 15 is 0 Å². The molecule has 0 fully saturated rings. The Hall–Kier alpha value is -1.61. The standard InChI is InChI=1S/C10H11N3/c11-6-8-3-1-2-7-4-5-9(12)13-10(7)8/h1-5H,6,11H2,(H2,12,13). The van der Waals surface area contributed by atoms with E-state index in [0.717, 1.165) is 16.5 Å². The fourth-order valence-electron chi connectivity index (χ4n) is 1.39. The molecule has 0 aliphatic carbocycles. The number of anilines is 1. The molecule has 3 nitrogen and oxygen atoms in total. The highest BCUT2D eigenvalue weighted by Crippen LogP contribution is 2.17. The predicted molar refractivity (Wildman–Crippen MR) is 54.0 cm³/mol. The van der Waals surface area contributed by atoms with Crippen molar-refractivity contribution in [3.8, 4) is 0 Å². The number of rotatable bonds is 1. The molecule has 3 heteroatoms. The van der Waals surface area contributed by atoms with Crippen LogP contribution in [0.4, 0.5) is 5.82 Å². The molecule has 0 atom stereocenters. The molecule has 0 spiro atoms. The number of fused-ring (bicyclic) bond motifs is 1. The van der Waals surface area contributed by atoms with E-state index in [2.05, 4.69) is 4.98 Å². The van der Waals surface area contributed by atoms with Crippen LogP contribution >= 0.6 is 0 Å². The molecule has 4 N–H and O–H groups in total. The van der Waals surface area contributed by atoms with Crippen LogP contribution < -0.4 is 11.5 Å². The molecule has 2 aromatic rings. The quantitative estimate of drug-likeness (QED) is 0.682. The van der Waals surface area contributed by atoms with Crippen molar-refractivity contribution in [3.63, 3.8) is 0 Å². The third kappa shape index (κ3) is 1.34. The van der Waals surface area contributed by atoms with Gasteiger partial charge in [-0.05, 0) is 17.7 Å². The second-order valence-electron chi connectivity index (χ2n) is 2.93. The lowest BCUT2D eigenvalue weighted by molar-refractivity contribution is 1.08. The zero-order valence-corrected chi connectivity index (χ0v) is 7.20. The smallest absolute Gasteiger partial charge is 0.124 e. The monoisotopic (exact) mass is 173 g/mol. The average molecular weight is 173 g/mol. The molecule has 0 aliphatic heterocycles. The topological polar surface area (TPSA) is 64.9 Å². The van der Waals surface area contributed by atoms with Crippen molar-refractivity contribution in [3.05, 3.63) is 35.9 Å². The number of hydrogen-bond donors (Lipinski definition) is 2. The average Bonchev–Trinajstić information content (AvgIpc) is 2.17. The van der Waals surface area contributed by atoms with Crippen molar-refractivity contribution >= 4 is 16.7 Å². The first-order valence-electron chi connectivity index (χ1n) is 4.15. The van der Waals surface area contributed by atoms with Gasteiger partial charge in [0.25, 0.3) is 0 Å². The Balaban J connectivity index is 2.79. The van der Waals surface area contributed by atoms with Gasteiger partial charge in [0, 0.05) is 11.9 Å². The van der Waals surface area contributed by atoms with Gasteiger partial charge in [-0.3, -0.25) is 0 Å². The van der Waals surface area contributed by atoms with Crippen molar-refractivity contribution < 1.29 is 0 Å². The molecule has 0 amide bonds. The fourth-order valence-corrected chi connectivity index (χ4v) is 1.39. The van der Waals surface area contributed by atoms with Gasteiger partial charge < -0.3 is 11.5 Å². The maximum Gasteiger partial charge on any atom is 0.124 e.